The summed E-state index contributed by atoms with van der Waals surface area (Å²) < 4.78 is 11.9. The molecule has 5 rings (SSSR count). The molecule has 0 saturated carbocycles. The fourth-order valence-corrected chi connectivity index (χ4v) is 4.98. The Morgan fingerprint density at radius 3 is 2.44 bits per heavy atom. The molecule has 0 aliphatic carbocycles. The van der Waals surface area contributed by atoms with Crippen molar-refractivity contribution in [2.24, 2.45) is 0 Å². The van der Waals surface area contributed by atoms with E-state index in [1.807, 2.05) is 54.6 Å². The van der Waals surface area contributed by atoms with E-state index in [0.29, 0.717) is 35.4 Å². The SMILES string of the molecule is CCN(CC)CCN1C(=O)c2oc3c(ccc4ccccc43)c(=O)c2C1c1ccccc1OC. The third kappa shape index (κ3) is 3.46. The van der Waals surface area contributed by atoms with Gasteiger partial charge in [-0.1, -0.05) is 62.4 Å². The highest BCUT2D eigenvalue weighted by atomic mass is 16.5. The smallest absolute Gasteiger partial charge is 0.290 e. The average Bonchev–Trinajstić information content (AvgIpc) is 3.16. The van der Waals surface area contributed by atoms with Crippen LogP contribution in [0.4, 0.5) is 0 Å². The van der Waals surface area contributed by atoms with Crippen molar-refractivity contribution >= 4 is 27.6 Å². The van der Waals surface area contributed by atoms with Crippen LogP contribution in [-0.2, 0) is 0 Å². The maximum Gasteiger partial charge on any atom is 0.290 e. The number of fused-ring (bicyclic) bond motifs is 4. The Bertz CT molecular complexity index is 1440. The van der Waals surface area contributed by atoms with E-state index in [-0.39, 0.29) is 17.1 Å². The summed E-state index contributed by atoms with van der Waals surface area (Å²) in [7, 11) is 1.60. The summed E-state index contributed by atoms with van der Waals surface area (Å²) in [6.45, 7) is 7.16. The summed E-state index contributed by atoms with van der Waals surface area (Å²) in [4.78, 5) is 31.6. The van der Waals surface area contributed by atoms with Gasteiger partial charge in [-0.15, -0.1) is 0 Å². The lowest BCUT2D eigenvalue weighted by atomic mass is 9.97. The Kier molecular flexibility index (Phi) is 5.84. The molecule has 1 aliphatic heterocycles. The van der Waals surface area contributed by atoms with E-state index in [9.17, 15) is 9.59 Å². The third-order valence-electron chi connectivity index (χ3n) is 6.84. The first-order valence-electron chi connectivity index (χ1n) is 11.7. The predicted molar refractivity (Wildman–Crippen MR) is 134 cm³/mol. The molecule has 6 nitrogen and oxygen atoms in total. The Labute approximate surface area is 198 Å². The van der Waals surface area contributed by atoms with Crippen molar-refractivity contribution in [3.8, 4) is 5.75 Å². The van der Waals surface area contributed by atoms with E-state index in [1.165, 1.54) is 0 Å². The molecule has 0 spiro atoms. The van der Waals surface area contributed by atoms with Gasteiger partial charge in [-0.3, -0.25) is 9.59 Å². The molecule has 6 heteroatoms. The van der Waals surface area contributed by atoms with Gasteiger partial charge >= 0.3 is 0 Å². The molecule has 1 unspecified atom stereocenters. The van der Waals surface area contributed by atoms with Crippen LogP contribution < -0.4 is 10.2 Å². The second-order valence-corrected chi connectivity index (χ2v) is 8.51. The number of amides is 1. The molecule has 0 radical (unpaired) electrons. The van der Waals surface area contributed by atoms with Gasteiger partial charge in [-0.05, 0) is 30.6 Å². The Hall–Kier alpha value is -3.64. The van der Waals surface area contributed by atoms with E-state index < -0.39 is 6.04 Å². The van der Waals surface area contributed by atoms with Crippen LogP contribution in [0.3, 0.4) is 0 Å². The van der Waals surface area contributed by atoms with Gasteiger partial charge in [0.05, 0.1) is 24.1 Å². The maximum absolute atomic E-state index is 13.9. The van der Waals surface area contributed by atoms with Crippen LogP contribution >= 0.6 is 0 Å². The number of likely N-dealkylation sites (N-methyl/N-ethyl adjacent to an activating group) is 1. The number of benzene rings is 3. The number of methoxy groups -OCH3 is 1. The highest BCUT2D eigenvalue weighted by Gasteiger charge is 2.43. The van der Waals surface area contributed by atoms with Crippen LogP contribution in [0.25, 0.3) is 21.7 Å². The highest BCUT2D eigenvalue weighted by molar-refractivity contribution is 6.06. The lowest BCUT2D eigenvalue weighted by molar-refractivity contribution is 0.0707. The number of rotatable bonds is 7. The maximum atomic E-state index is 13.9. The number of nitrogens with zero attached hydrogens (tertiary/aromatic N) is 2. The normalized spacial score (nSPS) is 15.5. The van der Waals surface area contributed by atoms with Gasteiger partial charge in [0.25, 0.3) is 5.91 Å². The van der Waals surface area contributed by atoms with Crippen molar-refractivity contribution in [2.45, 2.75) is 19.9 Å². The second kappa shape index (κ2) is 8.95. The largest absolute Gasteiger partial charge is 0.496 e. The molecule has 34 heavy (non-hydrogen) atoms. The Morgan fingerprint density at radius 1 is 0.941 bits per heavy atom. The van der Waals surface area contributed by atoms with Gasteiger partial charge in [0.15, 0.2) is 5.43 Å². The van der Waals surface area contributed by atoms with Gasteiger partial charge in [-0.2, -0.15) is 0 Å². The number of carbonyl (C=O) groups excluding carboxylic acids is 1. The van der Waals surface area contributed by atoms with Crippen molar-refractivity contribution in [3.05, 3.63) is 87.8 Å². The average molecular weight is 457 g/mol. The van der Waals surface area contributed by atoms with Crippen molar-refractivity contribution < 1.29 is 13.9 Å². The third-order valence-corrected chi connectivity index (χ3v) is 6.84. The first-order chi connectivity index (χ1) is 16.6. The van der Waals surface area contributed by atoms with E-state index in [4.69, 9.17) is 9.15 Å². The highest BCUT2D eigenvalue weighted by Crippen LogP contribution is 2.42. The molecule has 0 saturated heterocycles. The minimum atomic E-state index is -0.568. The lowest BCUT2D eigenvalue weighted by Crippen LogP contribution is -2.38. The molecule has 2 heterocycles. The first kappa shape index (κ1) is 22.2. The summed E-state index contributed by atoms with van der Waals surface area (Å²) in [6, 6.07) is 18.5. The molecule has 0 bridgehead atoms. The summed E-state index contributed by atoms with van der Waals surface area (Å²) in [5, 5.41) is 2.27. The van der Waals surface area contributed by atoms with Crippen molar-refractivity contribution in [2.75, 3.05) is 33.3 Å². The van der Waals surface area contributed by atoms with Gasteiger partial charge < -0.3 is 19.0 Å². The molecule has 4 aromatic rings. The fourth-order valence-electron chi connectivity index (χ4n) is 4.98. The molecule has 0 N–H and O–H groups in total. The molecule has 3 aromatic carbocycles. The van der Waals surface area contributed by atoms with Gasteiger partial charge in [0, 0.05) is 24.0 Å². The first-order valence-corrected chi connectivity index (χ1v) is 11.7. The Morgan fingerprint density at radius 2 is 1.68 bits per heavy atom. The zero-order chi connectivity index (χ0) is 23.8. The number of carbonyl (C=O) groups is 1. The molecular formula is C28H28N2O4. The quantitative estimate of drug-likeness (QED) is 0.372. The zero-order valence-corrected chi connectivity index (χ0v) is 19.7. The number of hydrogen-bond acceptors (Lipinski definition) is 5. The molecule has 174 valence electrons. The fraction of sp³-hybridized carbons (Fsp3) is 0.286. The summed E-state index contributed by atoms with van der Waals surface area (Å²) >= 11 is 0. The van der Waals surface area contributed by atoms with Crippen LogP contribution in [0.5, 0.6) is 5.75 Å². The molecule has 1 aromatic heterocycles. The second-order valence-electron chi connectivity index (χ2n) is 8.51. The minimum absolute atomic E-state index is 0.129. The molecule has 1 aliphatic rings. The summed E-state index contributed by atoms with van der Waals surface area (Å²) in [5.74, 6) is 0.508. The molecule has 0 fully saturated rings. The summed E-state index contributed by atoms with van der Waals surface area (Å²) in [5.41, 5.74) is 1.46. The molecule has 1 atom stereocenters. The topological polar surface area (TPSA) is 63.0 Å². The van der Waals surface area contributed by atoms with E-state index in [0.717, 1.165) is 29.4 Å². The van der Waals surface area contributed by atoms with Crippen molar-refractivity contribution in [3.63, 3.8) is 0 Å². The predicted octanol–water partition coefficient (Wildman–Crippen LogP) is 4.84. The summed E-state index contributed by atoms with van der Waals surface area (Å²) in [6.07, 6.45) is 0. The zero-order valence-electron chi connectivity index (χ0n) is 19.7. The van der Waals surface area contributed by atoms with E-state index in [2.05, 4.69) is 18.7 Å². The van der Waals surface area contributed by atoms with E-state index in [1.54, 1.807) is 18.1 Å². The van der Waals surface area contributed by atoms with Gasteiger partial charge in [-0.25, -0.2) is 0 Å². The lowest BCUT2D eigenvalue weighted by Gasteiger charge is -2.28. The number of para-hydroxylation sites is 1. The Balaban J connectivity index is 1.74. The molecular weight excluding hydrogens is 428 g/mol. The number of ether oxygens (including phenoxy) is 1. The number of hydrogen-bond donors (Lipinski definition) is 0. The van der Waals surface area contributed by atoms with Crippen LogP contribution in [0, 0.1) is 0 Å². The van der Waals surface area contributed by atoms with Gasteiger partial charge in [0.2, 0.25) is 5.76 Å². The van der Waals surface area contributed by atoms with Crippen LogP contribution in [0.2, 0.25) is 0 Å². The van der Waals surface area contributed by atoms with Crippen molar-refractivity contribution in [1.82, 2.24) is 9.80 Å². The van der Waals surface area contributed by atoms with Crippen molar-refractivity contribution in [1.29, 1.82) is 0 Å². The van der Waals surface area contributed by atoms with Crippen LogP contribution in [-0.4, -0.2) is 49.0 Å². The van der Waals surface area contributed by atoms with Gasteiger partial charge in [0.1, 0.15) is 11.3 Å². The monoisotopic (exact) mass is 456 g/mol. The van der Waals surface area contributed by atoms with Crippen LogP contribution in [0.15, 0.2) is 69.9 Å². The van der Waals surface area contributed by atoms with Crippen LogP contribution in [0.1, 0.15) is 41.6 Å². The molecule has 1 amide bonds. The van der Waals surface area contributed by atoms with E-state index >= 15 is 0 Å². The minimum Gasteiger partial charge on any atom is -0.496 e. The standard InChI is InChI=1S/C28H28N2O4/c1-4-29(5-2)16-17-30-24(20-12-8-9-13-22(20)33-3)23-25(31)21-15-14-18-10-6-7-11-19(18)26(21)34-27(23)28(30)32/h6-15,24H,4-5,16-17H2,1-3H3.